The minimum atomic E-state index is 0.0750. The van der Waals surface area contributed by atoms with Crippen molar-refractivity contribution in [2.45, 2.75) is 0 Å². The molecule has 1 aromatic carbocycles. The third-order valence-corrected chi connectivity index (χ3v) is 3.65. The van der Waals surface area contributed by atoms with Crippen molar-refractivity contribution in [2.24, 2.45) is 12.8 Å². The average Bonchev–Trinajstić information content (AvgIpc) is 2.75. The van der Waals surface area contributed by atoms with Crippen molar-refractivity contribution in [3.63, 3.8) is 0 Å². The Morgan fingerprint density at radius 3 is 2.43 bits per heavy atom. The van der Waals surface area contributed by atoms with E-state index < -0.39 is 0 Å². The van der Waals surface area contributed by atoms with Crippen LogP contribution in [0.4, 0.5) is 0 Å². The summed E-state index contributed by atoms with van der Waals surface area (Å²) in [5.74, 6) is 0. The Labute approximate surface area is 138 Å². The second-order valence-corrected chi connectivity index (χ2v) is 5.71. The highest BCUT2D eigenvalue weighted by atomic mass is 35.5. The number of nitriles is 1. The second-order valence-electron chi connectivity index (χ2n) is 4.39. The van der Waals surface area contributed by atoms with Gasteiger partial charge in [-0.15, -0.1) is 0 Å². The van der Waals surface area contributed by atoms with Crippen LogP contribution in [0.15, 0.2) is 35.9 Å². The van der Waals surface area contributed by atoms with Gasteiger partial charge in [-0.1, -0.05) is 35.4 Å². The predicted molar refractivity (Wildman–Crippen MR) is 91.2 cm³/mol. The summed E-state index contributed by atoms with van der Waals surface area (Å²) in [5.41, 5.74) is 8.39. The van der Waals surface area contributed by atoms with E-state index in [-0.39, 0.29) is 10.6 Å². The molecule has 0 saturated heterocycles. The predicted octanol–water partition coefficient (Wildman–Crippen LogP) is 4.19. The molecule has 0 saturated carbocycles. The quantitative estimate of drug-likeness (QED) is 0.519. The van der Waals surface area contributed by atoms with E-state index in [0.29, 0.717) is 10.0 Å². The summed E-state index contributed by atoms with van der Waals surface area (Å²) in [4.78, 5) is 0.0750. The first kappa shape index (κ1) is 15.6. The number of rotatable bonds is 3. The van der Waals surface area contributed by atoms with E-state index in [2.05, 4.69) is 0 Å². The average molecular weight is 336 g/mol. The molecule has 0 fully saturated rings. The molecule has 1 heterocycles. The molecule has 0 unspecified atom stereocenters. The topological polar surface area (TPSA) is 54.7 Å². The van der Waals surface area contributed by atoms with E-state index in [4.69, 9.17) is 46.4 Å². The molecule has 0 bridgehead atoms. The Bertz CT molecular complexity index is 764. The van der Waals surface area contributed by atoms with E-state index in [1.807, 2.05) is 41.9 Å². The fraction of sp³-hybridized carbons (Fsp3) is 0.0667. The molecule has 6 heteroatoms. The highest BCUT2D eigenvalue weighted by molar-refractivity contribution is 7.80. The molecule has 2 rings (SSSR count). The SMILES string of the molecule is Cn1c(C=C(C#N)C(N)=S)ccc1-c1cc(Cl)cc(Cl)c1. The van der Waals surface area contributed by atoms with Crippen LogP contribution in [0.3, 0.4) is 0 Å². The van der Waals surface area contributed by atoms with E-state index in [9.17, 15) is 0 Å². The van der Waals surface area contributed by atoms with Gasteiger partial charge in [-0.3, -0.25) is 0 Å². The van der Waals surface area contributed by atoms with Gasteiger partial charge in [0.25, 0.3) is 0 Å². The minimum Gasteiger partial charge on any atom is -0.389 e. The standard InChI is InChI=1S/C15H11Cl2N3S/c1-20-13(6-10(8-18)15(19)21)2-3-14(20)9-4-11(16)7-12(17)5-9/h2-7H,1H3,(H2,19,21). The molecule has 106 valence electrons. The number of hydrogen-bond acceptors (Lipinski definition) is 2. The van der Waals surface area contributed by atoms with Crippen LogP contribution in [0.1, 0.15) is 5.69 Å². The summed E-state index contributed by atoms with van der Waals surface area (Å²) in [6, 6.07) is 11.1. The van der Waals surface area contributed by atoms with Crippen LogP contribution in [-0.2, 0) is 7.05 Å². The number of nitrogens with two attached hydrogens (primary N) is 1. The number of thiocarbonyl (C=S) groups is 1. The van der Waals surface area contributed by atoms with E-state index in [1.54, 1.807) is 12.1 Å². The number of nitrogens with zero attached hydrogens (tertiary/aromatic N) is 2. The Hall–Kier alpha value is -1.80. The Balaban J connectivity index is 2.51. The third kappa shape index (κ3) is 3.45. The van der Waals surface area contributed by atoms with Crippen LogP contribution < -0.4 is 5.73 Å². The number of hydrogen-bond donors (Lipinski definition) is 1. The molecule has 2 N–H and O–H groups in total. The zero-order chi connectivity index (χ0) is 15.6. The number of halogens is 2. The summed E-state index contributed by atoms with van der Waals surface area (Å²) < 4.78 is 1.91. The molecule has 0 radical (unpaired) electrons. The molecule has 0 aliphatic heterocycles. The van der Waals surface area contributed by atoms with Crippen molar-refractivity contribution in [1.29, 1.82) is 5.26 Å². The van der Waals surface area contributed by atoms with Gasteiger partial charge in [0, 0.05) is 34.0 Å². The zero-order valence-corrected chi connectivity index (χ0v) is 13.4. The van der Waals surface area contributed by atoms with Gasteiger partial charge in [-0.25, -0.2) is 0 Å². The van der Waals surface area contributed by atoms with Crippen molar-refractivity contribution >= 4 is 46.5 Å². The molecule has 0 amide bonds. The summed E-state index contributed by atoms with van der Waals surface area (Å²) >= 11 is 16.9. The Kier molecular flexibility index (Phi) is 4.69. The van der Waals surface area contributed by atoms with Crippen molar-refractivity contribution in [1.82, 2.24) is 4.57 Å². The first-order valence-electron chi connectivity index (χ1n) is 5.96. The smallest absolute Gasteiger partial charge is 0.114 e. The van der Waals surface area contributed by atoms with Gasteiger partial charge in [-0.2, -0.15) is 5.26 Å². The zero-order valence-electron chi connectivity index (χ0n) is 11.1. The molecule has 1 aromatic heterocycles. The van der Waals surface area contributed by atoms with Crippen LogP contribution in [0, 0.1) is 11.3 Å². The lowest BCUT2D eigenvalue weighted by molar-refractivity contribution is 0.924. The van der Waals surface area contributed by atoms with Crippen molar-refractivity contribution in [3.05, 3.63) is 51.6 Å². The molecular weight excluding hydrogens is 325 g/mol. The molecule has 0 aliphatic rings. The summed E-state index contributed by atoms with van der Waals surface area (Å²) in [6.45, 7) is 0. The lowest BCUT2D eigenvalue weighted by atomic mass is 10.1. The van der Waals surface area contributed by atoms with Gasteiger partial charge in [0.1, 0.15) is 11.1 Å². The van der Waals surface area contributed by atoms with Gasteiger partial charge in [-0.05, 0) is 36.4 Å². The Morgan fingerprint density at radius 2 is 1.90 bits per heavy atom. The van der Waals surface area contributed by atoms with Gasteiger partial charge >= 0.3 is 0 Å². The minimum absolute atomic E-state index is 0.0750. The van der Waals surface area contributed by atoms with Gasteiger partial charge in [0.15, 0.2) is 0 Å². The molecule has 2 aromatic rings. The van der Waals surface area contributed by atoms with E-state index in [1.165, 1.54) is 0 Å². The lowest BCUT2D eigenvalue weighted by Gasteiger charge is -2.07. The van der Waals surface area contributed by atoms with Crippen molar-refractivity contribution < 1.29 is 0 Å². The van der Waals surface area contributed by atoms with Gasteiger partial charge in [0.2, 0.25) is 0 Å². The first-order valence-corrected chi connectivity index (χ1v) is 7.12. The summed E-state index contributed by atoms with van der Waals surface area (Å²) in [6.07, 6.45) is 1.65. The van der Waals surface area contributed by atoms with Crippen LogP contribution >= 0.6 is 35.4 Å². The monoisotopic (exact) mass is 335 g/mol. The van der Waals surface area contributed by atoms with Crippen LogP contribution in [0.25, 0.3) is 17.3 Å². The molecule has 0 spiro atoms. The molecule has 3 nitrogen and oxygen atoms in total. The third-order valence-electron chi connectivity index (χ3n) is 3.00. The van der Waals surface area contributed by atoms with Crippen molar-refractivity contribution in [3.8, 4) is 17.3 Å². The number of benzene rings is 1. The maximum atomic E-state index is 9.02. The molecule has 0 aliphatic carbocycles. The fourth-order valence-corrected chi connectivity index (χ4v) is 2.60. The fourth-order valence-electron chi connectivity index (χ4n) is 1.97. The number of aromatic nitrogens is 1. The maximum Gasteiger partial charge on any atom is 0.114 e. The van der Waals surface area contributed by atoms with E-state index in [0.717, 1.165) is 17.0 Å². The molecule has 21 heavy (non-hydrogen) atoms. The van der Waals surface area contributed by atoms with Gasteiger partial charge < -0.3 is 10.3 Å². The normalized spacial score (nSPS) is 11.2. The summed E-state index contributed by atoms with van der Waals surface area (Å²) in [7, 11) is 1.88. The summed E-state index contributed by atoms with van der Waals surface area (Å²) in [5, 5.41) is 10.1. The lowest BCUT2D eigenvalue weighted by Crippen LogP contribution is -2.10. The van der Waals surface area contributed by atoms with Crippen LogP contribution in [0.5, 0.6) is 0 Å². The van der Waals surface area contributed by atoms with Crippen molar-refractivity contribution in [2.75, 3.05) is 0 Å². The van der Waals surface area contributed by atoms with E-state index >= 15 is 0 Å². The largest absolute Gasteiger partial charge is 0.389 e. The highest BCUT2D eigenvalue weighted by Crippen LogP contribution is 2.28. The second kappa shape index (κ2) is 6.31. The molecular formula is C15H11Cl2N3S. The maximum absolute atomic E-state index is 9.02. The first-order chi connectivity index (χ1) is 9.92. The highest BCUT2D eigenvalue weighted by Gasteiger charge is 2.09. The Morgan fingerprint density at radius 1 is 1.29 bits per heavy atom. The van der Waals surface area contributed by atoms with Crippen LogP contribution in [-0.4, -0.2) is 9.56 Å². The van der Waals surface area contributed by atoms with Crippen LogP contribution in [0.2, 0.25) is 10.0 Å². The van der Waals surface area contributed by atoms with Gasteiger partial charge in [0.05, 0.1) is 5.57 Å². The molecule has 0 atom stereocenters.